The Morgan fingerprint density at radius 1 is 1.45 bits per heavy atom. The number of amides is 1. The van der Waals surface area contributed by atoms with E-state index in [4.69, 9.17) is 0 Å². The molecule has 4 heteroatoms. The van der Waals surface area contributed by atoms with Crippen LogP contribution in [-0.4, -0.2) is 22.5 Å². The van der Waals surface area contributed by atoms with Crippen molar-refractivity contribution in [2.75, 3.05) is 6.54 Å². The normalized spacial score (nSPS) is 29.4. The minimum atomic E-state index is -0.673. The highest BCUT2D eigenvalue weighted by Gasteiger charge is 2.40. The van der Waals surface area contributed by atoms with E-state index in [-0.39, 0.29) is 12.5 Å². The number of aliphatic hydroxyl groups is 1. The third-order valence-corrected chi connectivity index (χ3v) is 4.89. The molecule has 0 spiro atoms. The SMILES string of the molecule is O=C(CC1CC2CCC1C2)NCC(O)c1cccnc1. The van der Waals surface area contributed by atoms with Gasteiger partial charge in [-0.3, -0.25) is 9.78 Å². The molecule has 108 valence electrons. The lowest BCUT2D eigenvalue weighted by Gasteiger charge is -2.21. The number of rotatable bonds is 5. The Morgan fingerprint density at radius 3 is 3.00 bits per heavy atom. The number of carbonyl (C=O) groups excluding carboxylic acids is 1. The summed E-state index contributed by atoms with van der Waals surface area (Å²) < 4.78 is 0. The molecule has 1 aromatic heterocycles. The number of nitrogens with one attached hydrogen (secondary N) is 1. The van der Waals surface area contributed by atoms with E-state index in [0.29, 0.717) is 12.3 Å². The van der Waals surface area contributed by atoms with Crippen molar-refractivity contribution < 1.29 is 9.90 Å². The topological polar surface area (TPSA) is 62.2 Å². The number of aromatic nitrogens is 1. The fourth-order valence-electron chi connectivity index (χ4n) is 3.84. The van der Waals surface area contributed by atoms with Gasteiger partial charge in [-0.05, 0) is 43.1 Å². The highest BCUT2D eigenvalue weighted by Crippen LogP contribution is 2.49. The zero-order chi connectivity index (χ0) is 13.9. The summed E-state index contributed by atoms with van der Waals surface area (Å²) in [4.78, 5) is 15.9. The molecule has 2 aliphatic rings. The lowest BCUT2D eigenvalue weighted by Crippen LogP contribution is -2.30. The first kappa shape index (κ1) is 13.6. The predicted octanol–water partition coefficient (Wildman–Crippen LogP) is 2.06. The Bertz CT molecular complexity index is 463. The average molecular weight is 274 g/mol. The lowest BCUT2D eigenvalue weighted by atomic mass is 9.86. The van der Waals surface area contributed by atoms with Gasteiger partial charge < -0.3 is 10.4 Å². The largest absolute Gasteiger partial charge is 0.387 e. The van der Waals surface area contributed by atoms with Gasteiger partial charge >= 0.3 is 0 Å². The second-order valence-corrected chi connectivity index (χ2v) is 6.25. The van der Waals surface area contributed by atoms with Crippen LogP contribution in [0.2, 0.25) is 0 Å². The number of hydrogen-bond donors (Lipinski definition) is 2. The van der Waals surface area contributed by atoms with Crippen LogP contribution in [0.3, 0.4) is 0 Å². The molecule has 2 fully saturated rings. The van der Waals surface area contributed by atoms with E-state index in [1.165, 1.54) is 25.7 Å². The Labute approximate surface area is 119 Å². The summed E-state index contributed by atoms with van der Waals surface area (Å²) in [6.07, 6.45) is 8.48. The highest BCUT2D eigenvalue weighted by molar-refractivity contribution is 5.76. The molecule has 4 atom stereocenters. The van der Waals surface area contributed by atoms with E-state index >= 15 is 0 Å². The number of fused-ring (bicyclic) bond motifs is 2. The van der Waals surface area contributed by atoms with Crippen LogP contribution in [0.25, 0.3) is 0 Å². The van der Waals surface area contributed by atoms with Crippen molar-refractivity contribution in [3.63, 3.8) is 0 Å². The molecule has 1 amide bonds. The average Bonchev–Trinajstić information content (AvgIpc) is 3.08. The van der Waals surface area contributed by atoms with Crippen molar-refractivity contribution in [3.8, 4) is 0 Å². The van der Waals surface area contributed by atoms with Crippen LogP contribution < -0.4 is 5.32 Å². The fourth-order valence-corrected chi connectivity index (χ4v) is 3.84. The number of hydrogen-bond acceptors (Lipinski definition) is 3. The molecule has 4 nitrogen and oxygen atoms in total. The highest BCUT2D eigenvalue weighted by atomic mass is 16.3. The fraction of sp³-hybridized carbons (Fsp3) is 0.625. The van der Waals surface area contributed by atoms with Crippen LogP contribution >= 0.6 is 0 Å². The molecular formula is C16H22N2O2. The van der Waals surface area contributed by atoms with E-state index in [1.807, 2.05) is 6.07 Å². The standard InChI is InChI=1S/C16H22N2O2/c19-15(13-2-1-5-17-9-13)10-18-16(20)8-14-7-11-3-4-12(14)6-11/h1-2,5,9,11-12,14-15,19H,3-4,6-8,10H2,(H,18,20). The number of aliphatic hydroxyl groups excluding tert-OH is 1. The van der Waals surface area contributed by atoms with Crippen molar-refractivity contribution in [2.45, 2.75) is 38.2 Å². The second kappa shape index (κ2) is 5.92. The van der Waals surface area contributed by atoms with Crippen LogP contribution in [0.1, 0.15) is 43.8 Å². The van der Waals surface area contributed by atoms with Gasteiger partial charge in [0, 0.05) is 30.9 Å². The van der Waals surface area contributed by atoms with Crippen LogP contribution in [0.5, 0.6) is 0 Å². The molecule has 0 saturated heterocycles. The third kappa shape index (κ3) is 3.01. The van der Waals surface area contributed by atoms with Crippen LogP contribution in [-0.2, 0) is 4.79 Å². The summed E-state index contributed by atoms with van der Waals surface area (Å²) in [7, 11) is 0. The molecule has 2 aliphatic carbocycles. The molecule has 2 N–H and O–H groups in total. The van der Waals surface area contributed by atoms with Crippen molar-refractivity contribution >= 4 is 5.91 Å². The third-order valence-electron chi connectivity index (χ3n) is 4.89. The Hall–Kier alpha value is -1.42. The predicted molar refractivity (Wildman–Crippen MR) is 75.8 cm³/mol. The van der Waals surface area contributed by atoms with Crippen LogP contribution in [0.15, 0.2) is 24.5 Å². The minimum Gasteiger partial charge on any atom is -0.387 e. The Kier molecular flexibility index (Phi) is 4.01. The van der Waals surface area contributed by atoms with Gasteiger partial charge in [-0.25, -0.2) is 0 Å². The zero-order valence-corrected chi connectivity index (χ0v) is 11.7. The van der Waals surface area contributed by atoms with E-state index in [2.05, 4.69) is 10.3 Å². The maximum absolute atomic E-state index is 12.0. The van der Waals surface area contributed by atoms with Gasteiger partial charge in [0.2, 0.25) is 5.91 Å². The summed E-state index contributed by atoms with van der Waals surface area (Å²) in [5, 5.41) is 12.8. The zero-order valence-electron chi connectivity index (χ0n) is 11.7. The first-order valence-electron chi connectivity index (χ1n) is 7.57. The van der Waals surface area contributed by atoms with Crippen molar-refractivity contribution in [2.24, 2.45) is 17.8 Å². The van der Waals surface area contributed by atoms with Gasteiger partial charge in [0.25, 0.3) is 0 Å². The maximum Gasteiger partial charge on any atom is 0.220 e. The minimum absolute atomic E-state index is 0.0745. The summed E-state index contributed by atoms with van der Waals surface area (Å²) in [6, 6.07) is 3.61. The van der Waals surface area contributed by atoms with Crippen molar-refractivity contribution in [3.05, 3.63) is 30.1 Å². The summed E-state index contributed by atoms with van der Waals surface area (Å²) in [5.74, 6) is 2.29. The number of nitrogens with zero attached hydrogens (tertiary/aromatic N) is 1. The maximum atomic E-state index is 12.0. The van der Waals surface area contributed by atoms with Gasteiger partial charge in [0.05, 0.1) is 6.10 Å². The molecule has 2 saturated carbocycles. The molecule has 1 aromatic rings. The van der Waals surface area contributed by atoms with Gasteiger partial charge in [0.1, 0.15) is 0 Å². The Balaban J connectivity index is 1.43. The summed E-state index contributed by atoms with van der Waals surface area (Å²) in [5.41, 5.74) is 0.743. The number of pyridine rings is 1. The molecule has 0 radical (unpaired) electrons. The summed E-state index contributed by atoms with van der Waals surface area (Å²) in [6.45, 7) is 0.269. The lowest BCUT2D eigenvalue weighted by molar-refractivity contribution is -0.122. The summed E-state index contributed by atoms with van der Waals surface area (Å²) >= 11 is 0. The van der Waals surface area contributed by atoms with E-state index in [0.717, 1.165) is 17.4 Å². The Morgan fingerprint density at radius 2 is 2.35 bits per heavy atom. The molecule has 2 bridgehead atoms. The van der Waals surface area contributed by atoms with E-state index < -0.39 is 6.10 Å². The quantitative estimate of drug-likeness (QED) is 0.864. The molecule has 3 rings (SSSR count). The molecule has 4 unspecified atom stereocenters. The molecule has 20 heavy (non-hydrogen) atoms. The van der Waals surface area contributed by atoms with E-state index in [1.54, 1.807) is 18.5 Å². The van der Waals surface area contributed by atoms with Crippen LogP contribution in [0.4, 0.5) is 0 Å². The van der Waals surface area contributed by atoms with E-state index in [9.17, 15) is 9.90 Å². The van der Waals surface area contributed by atoms with Gasteiger partial charge in [0.15, 0.2) is 0 Å². The van der Waals surface area contributed by atoms with Gasteiger partial charge in [-0.2, -0.15) is 0 Å². The van der Waals surface area contributed by atoms with Gasteiger partial charge in [-0.1, -0.05) is 12.5 Å². The molecule has 1 heterocycles. The van der Waals surface area contributed by atoms with Crippen molar-refractivity contribution in [1.29, 1.82) is 0 Å². The molecule has 0 aliphatic heterocycles. The second-order valence-electron chi connectivity index (χ2n) is 6.25. The van der Waals surface area contributed by atoms with Gasteiger partial charge in [-0.15, -0.1) is 0 Å². The van der Waals surface area contributed by atoms with Crippen LogP contribution in [0, 0.1) is 17.8 Å². The monoisotopic (exact) mass is 274 g/mol. The molecule has 0 aromatic carbocycles. The first-order valence-corrected chi connectivity index (χ1v) is 7.57. The molecular weight excluding hydrogens is 252 g/mol. The number of carbonyl (C=O) groups is 1. The first-order chi connectivity index (χ1) is 9.72. The smallest absolute Gasteiger partial charge is 0.220 e. The van der Waals surface area contributed by atoms with Crippen molar-refractivity contribution in [1.82, 2.24) is 10.3 Å².